The molecule has 1 N–H and O–H groups in total. The second-order valence-corrected chi connectivity index (χ2v) is 4.52. The van der Waals surface area contributed by atoms with Gasteiger partial charge in [0.05, 0.1) is 18.0 Å². The third kappa shape index (κ3) is 2.39. The number of nitrogens with one attached hydrogen (secondary N) is 1. The van der Waals surface area contributed by atoms with Crippen molar-refractivity contribution < 1.29 is 4.42 Å². The van der Waals surface area contributed by atoms with Crippen molar-refractivity contribution in [2.75, 3.05) is 6.54 Å². The molecule has 0 aliphatic rings. The molecule has 3 heterocycles. The second kappa shape index (κ2) is 5.28. The van der Waals surface area contributed by atoms with E-state index in [4.69, 9.17) is 4.42 Å². The summed E-state index contributed by atoms with van der Waals surface area (Å²) in [5.41, 5.74) is 2.35. The van der Waals surface area contributed by atoms with Gasteiger partial charge in [0.1, 0.15) is 5.76 Å². The molecule has 4 heteroatoms. The minimum atomic E-state index is 0.219. The maximum atomic E-state index is 5.45. The van der Waals surface area contributed by atoms with Gasteiger partial charge < -0.3 is 9.73 Å². The van der Waals surface area contributed by atoms with Crippen molar-refractivity contribution in [1.29, 1.82) is 0 Å². The summed E-state index contributed by atoms with van der Waals surface area (Å²) >= 11 is 0. The SMILES string of the molecule is CCNC(Cc1ccco1)c1cnn2ccccc12. The molecule has 0 aromatic carbocycles. The number of nitrogens with zero attached hydrogens (tertiary/aromatic N) is 2. The van der Waals surface area contributed by atoms with Crippen LogP contribution in [0.4, 0.5) is 0 Å². The zero-order valence-corrected chi connectivity index (χ0v) is 10.9. The Hall–Kier alpha value is -2.07. The van der Waals surface area contributed by atoms with Gasteiger partial charge in [0.2, 0.25) is 0 Å². The molecule has 0 spiro atoms. The zero-order chi connectivity index (χ0) is 13.1. The summed E-state index contributed by atoms with van der Waals surface area (Å²) in [7, 11) is 0. The number of pyridine rings is 1. The Labute approximate surface area is 112 Å². The van der Waals surface area contributed by atoms with Gasteiger partial charge in [0.25, 0.3) is 0 Å². The van der Waals surface area contributed by atoms with Gasteiger partial charge >= 0.3 is 0 Å². The quantitative estimate of drug-likeness (QED) is 0.762. The van der Waals surface area contributed by atoms with Crippen LogP contribution in [-0.2, 0) is 6.42 Å². The van der Waals surface area contributed by atoms with Gasteiger partial charge in [-0.15, -0.1) is 0 Å². The van der Waals surface area contributed by atoms with Crippen LogP contribution < -0.4 is 5.32 Å². The Morgan fingerprint density at radius 3 is 3.05 bits per heavy atom. The zero-order valence-electron chi connectivity index (χ0n) is 10.9. The van der Waals surface area contributed by atoms with Crippen molar-refractivity contribution in [3.8, 4) is 0 Å². The summed E-state index contributed by atoms with van der Waals surface area (Å²) in [5, 5.41) is 7.90. The Morgan fingerprint density at radius 2 is 2.26 bits per heavy atom. The highest BCUT2D eigenvalue weighted by molar-refractivity contribution is 5.55. The number of hydrogen-bond donors (Lipinski definition) is 1. The van der Waals surface area contributed by atoms with Crippen molar-refractivity contribution in [3.63, 3.8) is 0 Å². The molecule has 1 atom stereocenters. The van der Waals surface area contributed by atoms with Gasteiger partial charge in [-0.2, -0.15) is 5.10 Å². The van der Waals surface area contributed by atoms with Crippen molar-refractivity contribution in [2.45, 2.75) is 19.4 Å². The maximum absolute atomic E-state index is 5.45. The van der Waals surface area contributed by atoms with E-state index in [9.17, 15) is 0 Å². The van der Waals surface area contributed by atoms with E-state index in [0.29, 0.717) is 0 Å². The summed E-state index contributed by atoms with van der Waals surface area (Å²) in [4.78, 5) is 0. The predicted octanol–water partition coefficient (Wildman–Crippen LogP) is 2.82. The molecule has 4 nitrogen and oxygen atoms in total. The molecule has 1 unspecified atom stereocenters. The minimum absolute atomic E-state index is 0.219. The van der Waals surface area contributed by atoms with Crippen LogP contribution in [0.2, 0.25) is 0 Å². The largest absolute Gasteiger partial charge is 0.469 e. The first-order chi connectivity index (χ1) is 9.38. The van der Waals surface area contributed by atoms with E-state index >= 15 is 0 Å². The van der Waals surface area contributed by atoms with Gasteiger partial charge in [-0.25, -0.2) is 4.52 Å². The lowest BCUT2D eigenvalue weighted by Crippen LogP contribution is -2.22. The summed E-state index contributed by atoms with van der Waals surface area (Å²) in [6.45, 7) is 3.02. The molecule has 98 valence electrons. The van der Waals surface area contributed by atoms with Crippen LogP contribution in [0, 0.1) is 0 Å². The number of likely N-dealkylation sites (N-methyl/N-ethyl adjacent to an activating group) is 1. The molecule has 19 heavy (non-hydrogen) atoms. The molecule has 0 aliphatic carbocycles. The van der Waals surface area contributed by atoms with E-state index in [0.717, 1.165) is 24.2 Å². The smallest absolute Gasteiger partial charge is 0.105 e. The van der Waals surface area contributed by atoms with Gasteiger partial charge in [-0.05, 0) is 30.8 Å². The molecule has 3 rings (SSSR count). The monoisotopic (exact) mass is 255 g/mol. The lowest BCUT2D eigenvalue weighted by atomic mass is 10.0. The molecule has 0 radical (unpaired) electrons. The number of rotatable bonds is 5. The lowest BCUT2D eigenvalue weighted by molar-refractivity contribution is 0.456. The van der Waals surface area contributed by atoms with Crippen LogP contribution >= 0.6 is 0 Å². The molecule has 3 aromatic rings. The Balaban J connectivity index is 1.95. The highest BCUT2D eigenvalue weighted by Gasteiger charge is 2.17. The first-order valence-corrected chi connectivity index (χ1v) is 6.56. The Kier molecular flexibility index (Phi) is 3.33. The number of fused-ring (bicyclic) bond motifs is 1. The molecule has 3 aromatic heterocycles. The molecule has 0 aliphatic heterocycles. The topological polar surface area (TPSA) is 42.5 Å². The van der Waals surface area contributed by atoms with Crippen LogP contribution in [0.25, 0.3) is 5.52 Å². The molecular weight excluding hydrogens is 238 g/mol. The predicted molar refractivity (Wildman–Crippen MR) is 74.0 cm³/mol. The van der Waals surface area contributed by atoms with Crippen molar-refractivity contribution in [1.82, 2.24) is 14.9 Å². The third-order valence-electron chi connectivity index (χ3n) is 3.27. The molecule has 0 amide bonds. The normalized spacial score (nSPS) is 12.9. The highest BCUT2D eigenvalue weighted by Crippen LogP contribution is 2.22. The van der Waals surface area contributed by atoms with Gasteiger partial charge in [0.15, 0.2) is 0 Å². The fourth-order valence-electron chi connectivity index (χ4n) is 2.39. The van der Waals surface area contributed by atoms with E-state index in [1.807, 2.05) is 41.2 Å². The van der Waals surface area contributed by atoms with E-state index in [2.05, 4.69) is 23.4 Å². The van der Waals surface area contributed by atoms with Crippen LogP contribution in [-0.4, -0.2) is 16.2 Å². The second-order valence-electron chi connectivity index (χ2n) is 4.52. The van der Waals surface area contributed by atoms with Crippen LogP contribution in [0.1, 0.15) is 24.3 Å². The van der Waals surface area contributed by atoms with Gasteiger partial charge in [-0.3, -0.25) is 0 Å². The first-order valence-electron chi connectivity index (χ1n) is 6.56. The average molecular weight is 255 g/mol. The summed E-state index contributed by atoms with van der Waals surface area (Å²) in [6, 6.07) is 10.3. The lowest BCUT2D eigenvalue weighted by Gasteiger charge is -2.15. The van der Waals surface area contributed by atoms with Crippen molar-refractivity contribution >= 4 is 5.52 Å². The number of furan rings is 1. The fraction of sp³-hybridized carbons (Fsp3) is 0.267. The average Bonchev–Trinajstić information content (AvgIpc) is 3.07. The Morgan fingerprint density at radius 1 is 1.32 bits per heavy atom. The van der Waals surface area contributed by atoms with Gasteiger partial charge in [-0.1, -0.05) is 13.0 Å². The summed E-state index contributed by atoms with van der Waals surface area (Å²) in [5.74, 6) is 0.987. The van der Waals surface area contributed by atoms with E-state index in [1.54, 1.807) is 6.26 Å². The third-order valence-corrected chi connectivity index (χ3v) is 3.27. The maximum Gasteiger partial charge on any atom is 0.105 e. The Bertz CT molecular complexity index is 642. The standard InChI is InChI=1S/C15H17N3O/c1-2-16-14(10-12-6-5-9-19-12)13-11-17-18-8-4-3-7-15(13)18/h3-9,11,14,16H,2,10H2,1H3. The van der Waals surface area contributed by atoms with Gasteiger partial charge in [0, 0.05) is 24.2 Å². The van der Waals surface area contributed by atoms with Crippen LogP contribution in [0.3, 0.4) is 0 Å². The number of aromatic nitrogens is 2. The molecule has 0 saturated heterocycles. The molecule has 0 bridgehead atoms. The highest BCUT2D eigenvalue weighted by atomic mass is 16.3. The fourth-order valence-corrected chi connectivity index (χ4v) is 2.39. The first kappa shape index (κ1) is 12.0. The summed E-state index contributed by atoms with van der Waals surface area (Å²) < 4.78 is 7.36. The molecular formula is C15H17N3O. The van der Waals surface area contributed by atoms with E-state index in [1.165, 1.54) is 5.56 Å². The van der Waals surface area contributed by atoms with E-state index < -0.39 is 0 Å². The molecule has 0 saturated carbocycles. The number of hydrogen-bond acceptors (Lipinski definition) is 3. The van der Waals surface area contributed by atoms with Crippen molar-refractivity contribution in [3.05, 3.63) is 60.3 Å². The molecule has 0 fully saturated rings. The van der Waals surface area contributed by atoms with E-state index in [-0.39, 0.29) is 6.04 Å². The van der Waals surface area contributed by atoms with Crippen molar-refractivity contribution in [2.24, 2.45) is 0 Å². The minimum Gasteiger partial charge on any atom is -0.469 e. The summed E-state index contributed by atoms with van der Waals surface area (Å²) in [6.07, 6.45) is 6.45. The van der Waals surface area contributed by atoms with Crippen LogP contribution in [0.15, 0.2) is 53.4 Å². The van der Waals surface area contributed by atoms with Crippen LogP contribution in [0.5, 0.6) is 0 Å².